The summed E-state index contributed by atoms with van der Waals surface area (Å²) in [7, 11) is 1.63. The van der Waals surface area contributed by atoms with Gasteiger partial charge in [0.05, 0.1) is 16.7 Å². The Morgan fingerprint density at radius 3 is 2.64 bits per heavy atom. The van der Waals surface area contributed by atoms with Gasteiger partial charge in [0.1, 0.15) is 6.61 Å². The predicted octanol–water partition coefficient (Wildman–Crippen LogP) is 2.98. The number of benzene rings is 1. The monoisotopic (exact) mass is 346 g/mol. The summed E-state index contributed by atoms with van der Waals surface area (Å²) >= 11 is 12.5. The predicted molar refractivity (Wildman–Crippen MR) is 91.2 cm³/mol. The molecule has 0 aliphatic carbocycles. The minimum absolute atomic E-state index is 0.303. The smallest absolute Gasteiger partial charge is 0.156 e. The van der Waals surface area contributed by atoms with Gasteiger partial charge in [-0.3, -0.25) is 0 Å². The van der Waals surface area contributed by atoms with E-state index in [0.717, 1.165) is 38.0 Å². The minimum atomic E-state index is 0.303. The molecule has 0 radical (unpaired) electrons. The Kier molecular flexibility index (Phi) is 7.25. The highest BCUT2D eigenvalue weighted by Gasteiger charge is 2.17. The van der Waals surface area contributed by atoms with Crippen LogP contribution < -0.4 is 10.5 Å². The van der Waals surface area contributed by atoms with Gasteiger partial charge in [0, 0.05) is 26.2 Å². The molecule has 0 bridgehead atoms. The lowest BCUT2D eigenvalue weighted by atomic mass is 10.1. The second-order valence-electron chi connectivity index (χ2n) is 5.68. The summed E-state index contributed by atoms with van der Waals surface area (Å²) in [5.74, 6) is 0.532. The van der Waals surface area contributed by atoms with Gasteiger partial charge in [0.15, 0.2) is 5.75 Å². The van der Waals surface area contributed by atoms with E-state index >= 15 is 0 Å². The first kappa shape index (κ1) is 17.8. The van der Waals surface area contributed by atoms with Crippen LogP contribution in [0.3, 0.4) is 0 Å². The molecule has 0 spiro atoms. The number of methoxy groups -OCH3 is 1. The van der Waals surface area contributed by atoms with Crippen molar-refractivity contribution in [2.45, 2.75) is 25.3 Å². The van der Waals surface area contributed by atoms with E-state index in [1.807, 2.05) is 12.1 Å². The third-order valence-corrected chi connectivity index (χ3v) is 4.41. The number of halogens is 2. The third-order valence-electron chi connectivity index (χ3n) is 3.85. The molecule has 1 atom stereocenters. The molecular formula is C16H24Cl2N2O2. The van der Waals surface area contributed by atoms with Crippen molar-refractivity contribution in [3.05, 3.63) is 27.7 Å². The Morgan fingerprint density at radius 1 is 1.27 bits per heavy atom. The summed E-state index contributed by atoms with van der Waals surface area (Å²) < 4.78 is 10.5. The molecule has 1 saturated heterocycles. The first-order valence-electron chi connectivity index (χ1n) is 7.67. The topological polar surface area (TPSA) is 47.7 Å². The van der Waals surface area contributed by atoms with Crippen LogP contribution in [0.2, 0.25) is 10.0 Å². The maximum Gasteiger partial charge on any atom is 0.156 e. The van der Waals surface area contributed by atoms with Crippen LogP contribution in [0, 0.1) is 0 Å². The van der Waals surface area contributed by atoms with Crippen molar-refractivity contribution in [3.63, 3.8) is 0 Å². The highest BCUT2D eigenvalue weighted by molar-refractivity contribution is 6.37. The second-order valence-corrected chi connectivity index (χ2v) is 6.50. The highest BCUT2D eigenvalue weighted by atomic mass is 35.5. The molecule has 1 aromatic carbocycles. The number of piperidine rings is 1. The van der Waals surface area contributed by atoms with E-state index in [9.17, 15) is 0 Å². The summed E-state index contributed by atoms with van der Waals surface area (Å²) in [6.07, 6.45) is 3.21. The molecule has 124 valence electrons. The fraction of sp³-hybridized carbons (Fsp3) is 0.625. The number of likely N-dealkylation sites (tertiary alicyclic amines) is 1. The summed E-state index contributed by atoms with van der Waals surface area (Å²) in [6.45, 7) is 4.00. The molecule has 0 unspecified atom stereocenters. The molecule has 1 heterocycles. The van der Waals surface area contributed by atoms with Crippen molar-refractivity contribution in [2.24, 2.45) is 5.73 Å². The summed E-state index contributed by atoms with van der Waals surface area (Å²) in [4.78, 5) is 2.40. The SMILES string of the molecule is COCCOc1c(Cl)cc(CCN2CCC[C@@H](N)C2)cc1Cl. The molecule has 1 aliphatic heterocycles. The zero-order valence-corrected chi connectivity index (χ0v) is 14.5. The number of nitrogens with zero attached hydrogens (tertiary/aromatic N) is 1. The number of ether oxygens (including phenoxy) is 2. The van der Waals surface area contributed by atoms with Gasteiger partial charge in [0.25, 0.3) is 0 Å². The van der Waals surface area contributed by atoms with E-state index in [-0.39, 0.29) is 0 Å². The minimum Gasteiger partial charge on any atom is -0.488 e. The quantitative estimate of drug-likeness (QED) is 0.771. The molecular weight excluding hydrogens is 323 g/mol. The maximum absolute atomic E-state index is 6.27. The van der Waals surface area contributed by atoms with E-state index in [4.69, 9.17) is 38.4 Å². The standard InChI is InChI=1S/C16H24Cl2N2O2/c1-21-7-8-22-16-14(17)9-12(10-15(16)18)4-6-20-5-2-3-13(19)11-20/h9-10,13H,2-8,11,19H2,1H3/t13-/m1/s1. The Labute approximate surface area is 142 Å². The highest BCUT2D eigenvalue weighted by Crippen LogP contribution is 2.34. The van der Waals surface area contributed by atoms with Crippen molar-refractivity contribution < 1.29 is 9.47 Å². The third kappa shape index (κ3) is 5.28. The lowest BCUT2D eigenvalue weighted by Crippen LogP contribution is -2.43. The molecule has 4 nitrogen and oxygen atoms in total. The van der Waals surface area contributed by atoms with Crippen LogP contribution >= 0.6 is 23.2 Å². The van der Waals surface area contributed by atoms with Crippen molar-refractivity contribution in [3.8, 4) is 5.75 Å². The van der Waals surface area contributed by atoms with E-state index in [2.05, 4.69) is 4.90 Å². The molecule has 1 fully saturated rings. The second kappa shape index (κ2) is 8.94. The molecule has 0 amide bonds. The first-order chi connectivity index (χ1) is 10.6. The van der Waals surface area contributed by atoms with Gasteiger partial charge in [0.2, 0.25) is 0 Å². The molecule has 0 aromatic heterocycles. The molecule has 1 aromatic rings. The van der Waals surface area contributed by atoms with Gasteiger partial charge < -0.3 is 20.1 Å². The number of rotatable bonds is 7. The molecule has 22 heavy (non-hydrogen) atoms. The van der Waals surface area contributed by atoms with E-state index in [1.165, 1.54) is 6.42 Å². The number of hydrogen-bond donors (Lipinski definition) is 1. The molecule has 2 rings (SSSR count). The van der Waals surface area contributed by atoms with Gasteiger partial charge in [-0.15, -0.1) is 0 Å². The number of hydrogen-bond acceptors (Lipinski definition) is 4. The average molecular weight is 347 g/mol. The molecule has 1 aliphatic rings. The summed E-state index contributed by atoms with van der Waals surface area (Å²) in [6, 6.07) is 4.16. The van der Waals surface area contributed by atoms with E-state index < -0.39 is 0 Å². The van der Waals surface area contributed by atoms with Crippen LogP contribution in [0.15, 0.2) is 12.1 Å². The van der Waals surface area contributed by atoms with Crippen LogP contribution in [0.1, 0.15) is 18.4 Å². The zero-order chi connectivity index (χ0) is 15.9. The van der Waals surface area contributed by atoms with Crippen molar-refractivity contribution in [2.75, 3.05) is 40.0 Å². The molecule has 2 N–H and O–H groups in total. The Bertz CT molecular complexity index is 462. The summed E-state index contributed by atoms with van der Waals surface area (Å²) in [5.41, 5.74) is 7.13. The first-order valence-corrected chi connectivity index (χ1v) is 8.43. The van der Waals surface area contributed by atoms with Gasteiger partial charge in [-0.2, -0.15) is 0 Å². The van der Waals surface area contributed by atoms with Crippen molar-refractivity contribution in [1.82, 2.24) is 4.90 Å². The molecule has 6 heteroatoms. The lowest BCUT2D eigenvalue weighted by Gasteiger charge is -2.30. The largest absolute Gasteiger partial charge is 0.488 e. The Balaban J connectivity index is 1.91. The Hall–Kier alpha value is -0.520. The maximum atomic E-state index is 6.27. The Morgan fingerprint density at radius 2 is 2.00 bits per heavy atom. The van der Waals surface area contributed by atoms with E-state index in [1.54, 1.807) is 7.11 Å². The van der Waals surface area contributed by atoms with Crippen LogP contribution in [-0.2, 0) is 11.2 Å². The fourth-order valence-electron chi connectivity index (χ4n) is 2.70. The van der Waals surface area contributed by atoms with Gasteiger partial charge in [-0.05, 0) is 43.5 Å². The van der Waals surface area contributed by atoms with Gasteiger partial charge >= 0.3 is 0 Å². The van der Waals surface area contributed by atoms with E-state index in [0.29, 0.717) is 35.1 Å². The van der Waals surface area contributed by atoms with Crippen LogP contribution in [0.4, 0.5) is 0 Å². The number of nitrogens with two attached hydrogens (primary N) is 1. The van der Waals surface area contributed by atoms with Crippen LogP contribution in [0.25, 0.3) is 0 Å². The van der Waals surface area contributed by atoms with Gasteiger partial charge in [-0.25, -0.2) is 0 Å². The zero-order valence-electron chi connectivity index (χ0n) is 13.0. The molecule has 0 saturated carbocycles. The lowest BCUT2D eigenvalue weighted by molar-refractivity contribution is 0.146. The fourth-order valence-corrected chi connectivity index (χ4v) is 3.34. The van der Waals surface area contributed by atoms with Crippen LogP contribution in [-0.4, -0.2) is 50.9 Å². The summed E-state index contributed by atoms with van der Waals surface area (Å²) in [5, 5.41) is 1.10. The van der Waals surface area contributed by atoms with Gasteiger partial charge in [-0.1, -0.05) is 23.2 Å². The average Bonchev–Trinajstić information content (AvgIpc) is 2.48. The van der Waals surface area contributed by atoms with Crippen molar-refractivity contribution in [1.29, 1.82) is 0 Å². The van der Waals surface area contributed by atoms with Crippen LogP contribution in [0.5, 0.6) is 5.75 Å². The normalized spacial score (nSPS) is 19.4. The van der Waals surface area contributed by atoms with Crippen molar-refractivity contribution >= 4 is 23.2 Å².